The third kappa shape index (κ3) is 3.91. The number of nitrogens with zero attached hydrogens (tertiary/aromatic N) is 3. The van der Waals surface area contributed by atoms with E-state index >= 15 is 0 Å². The second-order valence-electron chi connectivity index (χ2n) is 3.58. The van der Waals surface area contributed by atoms with Crippen LogP contribution in [-0.2, 0) is 4.74 Å². The quantitative estimate of drug-likeness (QED) is 0.323. The predicted molar refractivity (Wildman–Crippen MR) is 71.5 cm³/mol. The molecule has 18 heavy (non-hydrogen) atoms. The SMILES string of the molecule is CCSc1ccc([C@@H](OC)[C@@H](CF)N=[N+]=[N-])cc1. The maximum Gasteiger partial charge on any atom is 0.101 e. The Morgan fingerprint density at radius 3 is 2.56 bits per heavy atom. The van der Waals surface area contributed by atoms with Gasteiger partial charge in [0.05, 0.1) is 12.1 Å². The Kier molecular flexibility index (Phi) is 6.57. The molecule has 98 valence electrons. The highest BCUT2D eigenvalue weighted by molar-refractivity contribution is 7.99. The van der Waals surface area contributed by atoms with Crippen LogP contribution in [0.2, 0.25) is 0 Å². The van der Waals surface area contributed by atoms with Gasteiger partial charge >= 0.3 is 0 Å². The molecule has 0 aliphatic rings. The summed E-state index contributed by atoms with van der Waals surface area (Å²) in [5.74, 6) is 0.999. The average molecular weight is 269 g/mol. The Labute approximate surface area is 110 Å². The van der Waals surface area contributed by atoms with Gasteiger partial charge in [-0.15, -0.1) is 11.8 Å². The molecule has 4 nitrogen and oxygen atoms in total. The first kappa shape index (κ1) is 14.8. The fraction of sp³-hybridized carbons (Fsp3) is 0.500. The van der Waals surface area contributed by atoms with Crippen molar-refractivity contribution in [1.29, 1.82) is 0 Å². The zero-order valence-electron chi connectivity index (χ0n) is 10.4. The van der Waals surface area contributed by atoms with Gasteiger partial charge in [-0.25, -0.2) is 0 Å². The fourth-order valence-corrected chi connectivity index (χ4v) is 2.34. The second kappa shape index (κ2) is 7.97. The van der Waals surface area contributed by atoms with Gasteiger partial charge in [-0.3, -0.25) is 4.39 Å². The van der Waals surface area contributed by atoms with Gasteiger partial charge in [0.25, 0.3) is 0 Å². The van der Waals surface area contributed by atoms with E-state index in [1.807, 2.05) is 24.3 Å². The zero-order valence-corrected chi connectivity index (χ0v) is 11.2. The number of ether oxygens (including phenoxy) is 1. The van der Waals surface area contributed by atoms with Gasteiger partial charge in [0.15, 0.2) is 0 Å². The van der Waals surface area contributed by atoms with Crippen LogP contribution >= 0.6 is 11.8 Å². The molecular formula is C12H16FN3OS. The van der Waals surface area contributed by atoms with Gasteiger partial charge in [-0.2, -0.15) is 0 Å². The van der Waals surface area contributed by atoms with Gasteiger partial charge in [-0.05, 0) is 29.0 Å². The summed E-state index contributed by atoms with van der Waals surface area (Å²) in [4.78, 5) is 3.80. The van der Waals surface area contributed by atoms with Crippen LogP contribution in [0, 0.1) is 0 Å². The van der Waals surface area contributed by atoms with Crippen LogP contribution in [0.15, 0.2) is 34.3 Å². The van der Waals surface area contributed by atoms with Crippen molar-refractivity contribution in [3.8, 4) is 0 Å². The van der Waals surface area contributed by atoms with E-state index in [2.05, 4.69) is 16.9 Å². The molecule has 1 rings (SSSR count). The number of hydrogen-bond acceptors (Lipinski definition) is 3. The molecule has 6 heteroatoms. The van der Waals surface area contributed by atoms with Crippen LogP contribution in [0.4, 0.5) is 4.39 Å². The van der Waals surface area contributed by atoms with Crippen molar-refractivity contribution in [2.24, 2.45) is 5.11 Å². The molecule has 0 saturated heterocycles. The van der Waals surface area contributed by atoms with E-state index in [1.165, 1.54) is 7.11 Å². The van der Waals surface area contributed by atoms with Crippen molar-refractivity contribution in [2.45, 2.75) is 24.0 Å². The summed E-state index contributed by atoms with van der Waals surface area (Å²) in [5.41, 5.74) is 9.22. The van der Waals surface area contributed by atoms with E-state index in [1.54, 1.807) is 11.8 Å². The topological polar surface area (TPSA) is 58.0 Å². The van der Waals surface area contributed by atoms with Crippen molar-refractivity contribution >= 4 is 11.8 Å². The number of hydrogen-bond donors (Lipinski definition) is 0. The highest BCUT2D eigenvalue weighted by atomic mass is 32.2. The molecule has 0 radical (unpaired) electrons. The Morgan fingerprint density at radius 2 is 2.11 bits per heavy atom. The molecule has 0 saturated carbocycles. The number of halogens is 1. The first-order valence-electron chi connectivity index (χ1n) is 5.62. The summed E-state index contributed by atoms with van der Waals surface area (Å²) in [6.45, 7) is 1.34. The Bertz CT molecular complexity index is 406. The number of thioether (sulfide) groups is 1. The third-order valence-corrected chi connectivity index (χ3v) is 3.38. The van der Waals surface area contributed by atoms with Crippen molar-refractivity contribution in [3.05, 3.63) is 40.3 Å². The van der Waals surface area contributed by atoms with Crippen LogP contribution in [0.1, 0.15) is 18.6 Å². The van der Waals surface area contributed by atoms with Crippen LogP contribution in [0.25, 0.3) is 10.4 Å². The molecule has 0 fully saturated rings. The van der Waals surface area contributed by atoms with Gasteiger partial charge in [-0.1, -0.05) is 24.2 Å². The summed E-state index contributed by atoms with van der Waals surface area (Å²) in [7, 11) is 1.48. The lowest BCUT2D eigenvalue weighted by atomic mass is 10.0. The number of benzene rings is 1. The Balaban J connectivity index is 2.90. The molecular weight excluding hydrogens is 253 g/mol. The molecule has 2 atom stereocenters. The lowest BCUT2D eigenvalue weighted by molar-refractivity contribution is 0.0721. The van der Waals surface area contributed by atoms with Gasteiger partial charge in [0.1, 0.15) is 6.67 Å². The number of rotatable bonds is 7. The molecule has 0 unspecified atom stereocenters. The molecule has 0 aliphatic heterocycles. The molecule has 0 amide bonds. The van der Waals surface area contributed by atoms with Crippen molar-refractivity contribution in [1.82, 2.24) is 0 Å². The van der Waals surface area contributed by atoms with Crippen LogP contribution in [-0.4, -0.2) is 25.6 Å². The minimum absolute atomic E-state index is 0.549. The van der Waals surface area contributed by atoms with E-state index in [4.69, 9.17) is 10.3 Å². The summed E-state index contributed by atoms with van der Waals surface area (Å²) in [6.07, 6.45) is -0.549. The largest absolute Gasteiger partial charge is 0.376 e. The molecule has 1 aromatic carbocycles. The number of alkyl halides is 1. The van der Waals surface area contributed by atoms with Crippen LogP contribution in [0.5, 0.6) is 0 Å². The van der Waals surface area contributed by atoms with E-state index in [0.717, 1.165) is 16.2 Å². The molecule has 1 aromatic rings. The highest BCUT2D eigenvalue weighted by Gasteiger charge is 2.21. The van der Waals surface area contributed by atoms with Gasteiger partial charge in [0, 0.05) is 16.9 Å². The van der Waals surface area contributed by atoms with Crippen LogP contribution < -0.4 is 0 Å². The summed E-state index contributed by atoms with van der Waals surface area (Å²) in [6, 6.07) is 6.84. The van der Waals surface area contributed by atoms with Gasteiger partial charge < -0.3 is 4.74 Å². The zero-order chi connectivity index (χ0) is 13.4. The molecule has 0 bridgehead atoms. The van der Waals surface area contributed by atoms with Crippen molar-refractivity contribution < 1.29 is 9.13 Å². The second-order valence-corrected chi connectivity index (χ2v) is 4.92. The normalized spacial score (nSPS) is 13.7. The number of methoxy groups -OCH3 is 1. The summed E-state index contributed by atoms with van der Waals surface area (Å²) in [5, 5.41) is 3.42. The van der Waals surface area contributed by atoms with E-state index in [-0.39, 0.29) is 0 Å². The Hall–Kier alpha value is -1.23. The molecule has 0 aromatic heterocycles. The maximum absolute atomic E-state index is 12.8. The molecule has 0 N–H and O–H groups in total. The average Bonchev–Trinajstić information content (AvgIpc) is 2.40. The number of azide groups is 1. The summed E-state index contributed by atoms with van der Waals surface area (Å²) < 4.78 is 18.0. The Morgan fingerprint density at radius 1 is 1.44 bits per heavy atom. The van der Waals surface area contributed by atoms with E-state index < -0.39 is 18.8 Å². The summed E-state index contributed by atoms with van der Waals surface area (Å²) >= 11 is 1.73. The molecule has 0 aliphatic carbocycles. The maximum atomic E-state index is 12.8. The van der Waals surface area contributed by atoms with E-state index in [9.17, 15) is 4.39 Å². The molecule has 0 spiro atoms. The van der Waals surface area contributed by atoms with Gasteiger partial charge in [0.2, 0.25) is 0 Å². The van der Waals surface area contributed by atoms with Crippen molar-refractivity contribution in [2.75, 3.05) is 19.5 Å². The van der Waals surface area contributed by atoms with Crippen molar-refractivity contribution in [3.63, 3.8) is 0 Å². The third-order valence-electron chi connectivity index (χ3n) is 2.48. The minimum atomic E-state index is -0.829. The predicted octanol–water partition coefficient (Wildman–Crippen LogP) is 4.13. The van der Waals surface area contributed by atoms with Crippen LogP contribution in [0.3, 0.4) is 0 Å². The van der Waals surface area contributed by atoms with E-state index in [0.29, 0.717) is 0 Å². The first-order chi connectivity index (χ1) is 8.76. The first-order valence-corrected chi connectivity index (χ1v) is 6.61. The minimum Gasteiger partial charge on any atom is -0.376 e. The fourth-order valence-electron chi connectivity index (χ4n) is 1.67. The highest BCUT2D eigenvalue weighted by Crippen LogP contribution is 2.26. The smallest absolute Gasteiger partial charge is 0.101 e. The lowest BCUT2D eigenvalue weighted by Gasteiger charge is -2.20. The monoisotopic (exact) mass is 269 g/mol. The standard InChI is InChI=1S/C12H16FN3OS/c1-3-18-10-6-4-9(5-7-10)12(17-2)11(8-13)15-16-14/h4-7,11-12H,3,8H2,1-2H3/t11-,12-/m1/s1. The lowest BCUT2D eigenvalue weighted by Crippen LogP contribution is -2.20. The molecule has 0 heterocycles.